The maximum Gasteiger partial charge on any atom is 0.303 e. The molecule has 108 valence electrons. The van der Waals surface area contributed by atoms with Crippen LogP contribution in [0.4, 0.5) is 5.69 Å². The minimum Gasteiger partial charge on any atom is -0.481 e. The number of nitrogens with two attached hydrogens (primary N) is 1. The molecular weight excluding hydrogens is 280 g/mol. The molecule has 0 saturated carbocycles. The highest BCUT2D eigenvalue weighted by molar-refractivity contribution is 6.31. The lowest BCUT2D eigenvalue weighted by Crippen LogP contribution is -2.35. The first kappa shape index (κ1) is 14.7. The van der Waals surface area contributed by atoms with Gasteiger partial charge in [0, 0.05) is 24.5 Å². The fourth-order valence-electron chi connectivity index (χ4n) is 2.60. The number of rotatable bonds is 4. The van der Waals surface area contributed by atoms with Gasteiger partial charge in [0.25, 0.3) is 5.91 Å². The minimum atomic E-state index is -0.760. The third kappa shape index (κ3) is 3.42. The number of carbonyl (C=O) groups is 2. The molecule has 3 N–H and O–H groups in total. The van der Waals surface area contributed by atoms with E-state index in [2.05, 4.69) is 0 Å². The summed E-state index contributed by atoms with van der Waals surface area (Å²) < 4.78 is 0. The highest BCUT2D eigenvalue weighted by Gasteiger charge is 2.23. The fourth-order valence-corrected chi connectivity index (χ4v) is 2.77. The molecule has 5 nitrogen and oxygen atoms in total. The second-order valence-electron chi connectivity index (χ2n) is 5.05. The Labute approximate surface area is 122 Å². The second kappa shape index (κ2) is 6.13. The second-order valence-corrected chi connectivity index (χ2v) is 5.49. The van der Waals surface area contributed by atoms with Crippen LogP contribution >= 0.6 is 11.6 Å². The lowest BCUT2D eigenvalue weighted by Gasteiger charge is -2.34. The molecule has 1 saturated heterocycles. The van der Waals surface area contributed by atoms with Gasteiger partial charge in [-0.25, -0.2) is 0 Å². The van der Waals surface area contributed by atoms with E-state index in [9.17, 15) is 9.59 Å². The Morgan fingerprint density at radius 2 is 2.00 bits per heavy atom. The van der Waals surface area contributed by atoms with Crippen LogP contribution in [-0.2, 0) is 4.79 Å². The van der Waals surface area contributed by atoms with E-state index in [1.165, 1.54) is 0 Å². The normalized spacial score (nSPS) is 16.1. The molecule has 1 fully saturated rings. The molecule has 1 amide bonds. The number of hydrogen-bond acceptors (Lipinski definition) is 3. The van der Waals surface area contributed by atoms with Crippen molar-refractivity contribution in [3.05, 3.63) is 28.8 Å². The van der Waals surface area contributed by atoms with Gasteiger partial charge in [-0.15, -0.1) is 0 Å². The first-order valence-corrected chi connectivity index (χ1v) is 6.91. The molecule has 1 aromatic carbocycles. The highest BCUT2D eigenvalue weighted by Crippen LogP contribution is 2.29. The Balaban J connectivity index is 2.12. The van der Waals surface area contributed by atoms with Crippen LogP contribution in [0.25, 0.3) is 0 Å². The molecule has 6 heteroatoms. The van der Waals surface area contributed by atoms with E-state index in [1.54, 1.807) is 18.2 Å². The summed E-state index contributed by atoms with van der Waals surface area (Å²) in [5, 5.41) is 9.36. The highest BCUT2D eigenvalue weighted by atomic mass is 35.5. The van der Waals surface area contributed by atoms with Crippen molar-refractivity contribution in [1.82, 2.24) is 0 Å². The van der Waals surface area contributed by atoms with Crippen molar-refractivity contribution < 1.29 is 14.7 Å². The number of benzene rings is 1. The summed E-state index contributed by atoms with van der Waals surface area (Å²) in [4.78, 5) is 24.2. The predicted octanol–water partition coefficient (Wildman–Crippen LogP) is 2.13. The maximum absolute atomic E-state index is 11.5. The number of hydrogen-bond donors (Lipinski definition) is 2. The standard InChI is InChI=1S/C14H17ClN2O3/c15-10-1-2-11(14(16)20)12(8-10)17-5-3-9(4-6-17)7-13(18)19/h1-2,8-9H,3-7H2,(H2,16,20)(H,18,19). The molecule has 0 aliphatic carbocycles. The van der Waals surface area contributed by atoms with Crippen molar-refractivity contribution in [2.24, 2.45) is 11.7 Å². The monoisotopic (exact) mass is 296 g/mol. The molecule has 1 aromatic rings. The number of halogens is 1. The fraction of sp³-hybridized carbons (Fsp3) is 0.429. The van der Waals surface area contributed by atoms with Crippen LogP contribution in [0.5, 0.6) is 0 Å². The van der Waals surface area contributed by atoms with Crippen LogP contribution < -0.4 is 10.6 Å². The topological polar surface area (TPSA) is 83.6 Å². The summed E-state index contributed by atoms with van der Waals surface area (Å²) >= 11 is 5.98. The molecule has 0 bridgehead atoms. The van der Waals surface area contributed by atoms with Gasteiger partial charge in [0.1, 0.15) is 0 Å². The summed E-state index contributed by atoms with van der Waals surface area (Å²) in [6, 6.07) is 5.00. The Bertz CT molecular complexity index is 525. The summed E-state index contributed by atoms with van der Waals surface area (Å²) in [7, 11) is 0. The van der Waals surface area contributed by atoms with Gasteiger partial charge in [-0.05, 0) is 37.0 Å². The molecule has 1 aliphatic rings. The number of anilines is 1. The SMILES string of the molecule is NC(=O)c1ccc(Cl)cc1N1CCC(CC(=O)O)CC1. The lowest BCUT2D eigenvalue weighted by molar-refractivity contribution is -0.138. The Morgan fingerprint density at radius 1 is 1.35 bits per heavy atom. The van der Waals surface area contributed by atoms with Gasteiger partial charge in [0.05, 0.1) is 11.3 Å². The lowest BCUT2D eigenvalue weighted by atomic mass is 9.93. The van der Waals surface area contributed by atoms with E-state index in [-0.39, 0.29) is 12.3 Å². The first-order valence-electron chi connectivity index (χ1n) is 6.53. The summed E-state index contributed by atoms with van der Waals surface area (Å²) in [5.41, 5.74) is 6.56. The number of carboxylic acids is 1. The molecule has 0 spiro atoms. The Kier molecular flexibility index (Phi) is 4.49. The van der Waals surface area contributed by atoms with E-state index in [0.29, 0.717) is 23.7 Å². The molecule has 0 radical (unpaired) electrons. The molecule has 1 heterocycles. The van der Waals surface area contributed by atoms with Crippen LogP contribution in [0.15, 0.2) is 18.2 Å². The van der Waals surface area contributed by atoms with Crippen LogP contribution in [0, 0.1) is 5.92 Å². The summed E-state index contributed by atoms with van der Waals surface area (Å²) in [6.45, 7) is 1.41. The summed E-state index contributed by atoms with van der Waals surface area (Å²) in [5.74, 6) is -1.05. The van der Waals surface area contributed by atoms with Crippen LogP contribution in [0.1, 0.15) is 29.6 Å². The Morgan fingerprint density at radius 3 is 2.55 bits per heavy atom. The maximum atomic E-state index is 11.5. The van der Waals surface area contributed by atoms with Crippen molar-refractivity contribution in [3.8, 4) is 0 Å². The summed E-state index contributed by atoms with van der Waals surface area (Å²) in [6.07, 6.45) is 1.78. The molecule has 0 atom stereocenters. The first-order chi connectivity index (χ1) is 9.47. The number of carboxylic acid groups (broad SMARTS) is 1. The van der Waals surface area contributed by atoms with Gasteiger partial charge in [-0.3, -0.25) is 9.59 Å². The average molecular weight is 297 g/mol. The number of piperidine rings is 1. The largest absolute Gasteiger partial charge is 0.481 e. The number of nitrogens with zero attached hydrogens (tertiary/aromatic N) is 1. The van der Waals surface area contributed by atoms with E-state index >= 15 is 0 Å². The van der Waals surface area contributed by atoms with Gasteiger partial charge in [0.15, 0.2) is 0 Å². The smallest absolute Gasteiger partial charge is 0.303 e. The van der Waals surface area contributed by atoms with Crippen LogP contribution in [-0.4, -0.2) is 30.1 Å². The van der Waals surface area contributed by atoms with Gasteiger partial charge in [-0.1, -0.05) is 11.6 Å². The number of primary amides is 1. The van der Waals surface area contributed by atoms with Crippen molar-refractivity contribution in [1.29, 1.82) is 0 Å². The minimum absolute atomic E-state index is 0.194. The van der Waals surface area contributed by atoms with Gasteiger partial charge >= 0.3 is 5.97 Å². The van der Waals surface area contributed by atoms with E-state index in [1.807, 2.05) is 4.90 Å². The van der Waals surface area contributed by atoms with Gasteiger partial charge in [0.2, 0.25) is 0 Å². The molecule has 20 heavy (non-hydrogen) atoms. The molecular formula is C14H17ClN2O3. The van der Waals surface area contributed by atoms with E-state index < -0.39 is 11.9 Å². The molecule has 1 aliphatic heterocycles. The molecule has 2 rings (SSSR count). The molecule has 0 unspecified atom stereocenters. The van der Waals surface area contributed by atoms with Crippen LogP contribution in [0.3, 0.4) is 0 Å². The predicted molar refractivity (Wildman–Crippen MR) is 77.2 cm³/mol. The van der Waals surface area contributed by atoms with Crippen molar-refractivity contribution in [3.63, 3.8) is 0 Å². The van der Waals surface area contributed by atoms with Gasteiger partial charge < -0.3 is 15.7 Å². The van der Waals surface area contributed by atoms with Crippen molar-refractivity contribution >= 4 is 29.2 Å². The zero-order valence-corrected chi connectivity index (χ0v) is 11.8. The zero-order valence-electron chi connectivity index (χ0n) is 11.0. The molecule has 0 aromatic heterocycles. The number of carbonyl (C=O) groups excluding carboxylic acids is 1. The number of aliphatic carboxylic acids is 1. The zero-order chi connectivity index (χ0) is 14.7. The average Bonchev–Trinajstić information content (AvgIpc) is 2.38. The quantitative estimate of drug-likeness (QED) is 0.891. The van der Waals surface area contributed by atoms with Crippen molar-refractivity contribution in [2.75, 3.05) is 18.0 Å². The van der Waals surface area contributed by atoms with E-state index in [4.69, 9.17) is 22.4 Å². The van der Waals surface area contributed by atoms with Gasteiger partial charge in [-0.2, -0.15) is 0 Å². The number of amides is 1. The third-order valence-electron chi connectivity index (χ3n) is 3.64. The Hall–Kier alpha value is -1.75. The third-order valence-corrected chi connectivity index (χ3v) is 3.88. The van der Waals surface area contributed by atoms with Crippen molar-refractivity contribution in [2.45, 2.75) is 19.3 Å². The van der Waals surface area contributed by atoms with E-state index in [0.717, 1.165) is 18.5 Å². The van der Waals surface area contributed by atoms with Crippen LogP contribution in [0.2, 0.25) is 5.02 Å².